The van der Waals surface area contributed by atoms with Gasteiger partial charge < -0.3 is 5.11 Å². The molecule has 0 bridgehead atoms. The molecular weight excluding hydrogens is 329 g/mol. The van der Waals surface area contributed by atoms with Crippen LogP contribution in [0.25, 0.3) is 0 Å². The topological polar surface area (TPSA) is 66.7 Å². The van der Waals surface area contributed by atoms with Crippen LogP contribution in [0.15, 0.2) is 22.6 Å². The monoisotopic (exact) mass is 355 g/mol. The fourth-order valence-corrected chi connectivity index (χ4v) is 2.66. The Hall–Kier alpha value is -1.56. The Balaban J connectivity index is 3.23. The third-order valence-electron chi connectivity index (χ3n) is 3.71. The predicted octanol–water partition coefficient (Wildman–Crippen LogP) is 4.00. The van der Waals surface area contributed by atoms with Crippen LogP contribution in [0.1, 0.15) is 52.7 Å². The van der Waals surface area contributed by atoms with E-state index in [1.165, 1.54) is 12.3 Å². The summed E-state index contributed by atoms with van der Waals surface area (Å²) < 4.78 is 29.7. The van der Waals surface area contributed by atoms with Gasteiger partial charge in [-0.05, 0) is 44.2 Å². The first-order valence-corrected chi connectivity index (χ1v) is 8.91. The zero-order valence-electron chi connectivity index (χ0n) is 15.1. The lowest BCUT2D eigenvalue weighted by atomic mass is 9.76. The highest BCUT2D eigenvalue weighted by molar-refractivity contribution is 7.85. The standard InChI is InChI=1S/C18H26FNO3S/c1-17(2,3)14(16(21)22)10-12-8-7-9-15(19)13(12)11-20-24(23)18(4,5)6/h7-9,11,14H,10H2,1-6H3,(H,21,22)/b20-11+. The Kier molecular flexibility index (Phi) is 6.45. The molecule has 0 aliphatic rings. The average Bonchev–Trinajstić information content (AvgIpc) is 2.40. The zero-order valence-corrected chi connectivity index (χ0v) is 15.9. The average molecular weight is 355 g/mol. The molecule has 0 spiro atoms. The molecule has 2 unspecified atom stereocenters. The molecule has 0 saturated heterocycles. The van der Waals surface area contributed by atoms with Crippen molar-refractivity contribution in [2.24, 2.45) is 15.7 Å². The van der Waals surface area contributed by atoms with Crippen molar-refractivity contribution >= 4 is 23.2 Å². The van der Waals surface area contributed by atoms with Crippen LogP contribution in [0.5, 0.6) is 0 Å². The lowest BCUT2D eigenvalue weighted by molar-refractivity contribution is -0.145. The van der Waals surface area contributed by atoms with Crippen molar-refractivity contribution in [2.45, 2.75) is 52.7 Å². The van der Waals surface area contributed by atoms with Gasteiger partial charge in [-0.25, -0.2) is 8.60 Å². The molecule has 134 valence electrons. The summed E-state index contributed by atoms with van der Waals surface area (Å²) in [6.07, 6.45) is 1.44. The summed E-state index contributed by atoms with van der Waals surface area (Å²) in [5.74, 6) is -2.09. The van der Waals surface area contributed by atoms with Gasteiger partial charge in [0.1, 0.15) is 16.8 Å². The Bertz CT molecular complexity index is 657. The molecule has 1 N–H and O–H groups in total. The van der Waals surface area contributed by atoms with Crippen molar-refractivity contribution in [3.63, 3.8) is 0 Å². The molecule has 1 aromatic carbocycles. The Labute approximate surface area is 145 Å². The Morgan fingerprint density at radius 1 is 1.29 bits per heavy atom. The minimum Gasteiger partial charge on any atom is -0.481 e. The largest absolute Gasteiger partial charge is 0.481 e. The second kappa shape index (κ2) is 7.55. The summed E-state index contributed by atoms with van der Waals surface area (Å²) >= 11 is 0. The molecule has 24 heavy (non-hydrogen) atoms. The number of nitrogens with zero attached hydrogens (tertiary/aromatic N) is 1. The van der Waals surface area contributed by atoms with E-state index in [4.69, 9.17) is 0 Å². The van der Waals surface area contributed by atoms with E-state index in [9.17, 15) is 18.5 Å². The first-order chi connectivity index (χ1) is 10.8. The van der Waals surface area contributed by atoms with Gasteiger partial charge in [-0.1, -0.05) is 32.9 Å². The molecule has 0 aliphatic carbocycles. The highest BCUT2D eigenvalue weighted by Crippen LogP contribution is 2.30. The lowest BCUT2D eigenvalue weighted by Gasteiger charge is -2.27. The normalized spacial score (nSPS) is 15.5. The third kappa shape index (κ3) is 5.51. The van der Waals surface area contributed by atoms with Crippen LogP contribution in [0.2, 0.25) is 0 Å². The predicted molar refractivity (Wildman–Crippen MR) is 96.2 cm³/mol. The number of rotatable bonds is 5. The van der Waals surface area contributed by atoms with Gasteiger partial charge in [-0.2, -0.15) is 4.40 Å². The van der Waals surface area contributed by atoms with Gasteiger partial charge in [0, 0.05) is 11.8 Å². The van der Waals surface area contributed by atoms with E-state index in [-0.39, 0.29) is 12.0 Å². The van der Waals surface area contributed by atoms with Crippen LogP contribution in [-0.4, -0.2) is 26.2 Å². The molecule has 0 radical (unpaired) electrons. The summed E-state index contributed by atoms with van der Waals surface area (Å²) in [5.41, 5.74) is 0.276. The molecule has 0 fully saturated rings. The molecule has 4 nitrogen and oxygen atoms in total. The first kappa shape index (κ1) is 20.5. The van der Waals surface area contributed by atoms with Crippen LogP contribution in [0.3, 0.4) is 0 Å². The van der Waals surface area contributed by atoms with Crippen molar-refractivity contribution in [2.75, 3.05) is 0 Å². The molecule has 1 rings (SSSR count). The summed E-state index contributed by atoms with van der Waals surface area (Å²) in [7, 11) is -1.51. The van der Waals surface area contributed by atoms with Crippen LogP contribution in [0, 0.1) is 17.2 Å². The molecule has 0 amide bonds. The summed E-state index contributed by atoms with van der Waals surface area (Å²) in [6, 6.07) is 4.52. The third-order valence-corrected chi connectivity index (χ3v) is 5.06. The number of benzene rings is 1. The number of hydrogen-bond donors (Lipinski definition) is 1. The quantitative estimate of drug-likeness (QED) is 0.812. The van der Waals surface area contributed by atoms with Gasteiger partial charge >= 0.3 is 5.97 Å². The minimum atomic E-state index is -1.51. The number of hydrogen-bond acceptors (Lipinski definition) is 2. The van der Waals surface area contributed by atoms with Gasteiger partial charge in [0.25, 0.3) is 0 Å². The van der Waals surface area contributed by atoms with Crippen molar-refractivity contribution in [3.8, 4) is 0 Å². The first-order valence-electron chi connectivity index (χ1n) is 7.80. The summed E-state index contributed by atoms with van der Waals surface area (Å²) in [6.45, 7) is 10.9. The molecule has 1 aromatic rings. The van der Waals surface area contributed by atoms with Gasteiger partial charge in [0.05, 0.1) is 10.7 Å². The maximum absolute atomic E-state index is 14.2. The van der Waals surface area contributed by atoms with E-state index >= 15 is 0 Å². The Morgan fingerprint density at radius 2 is 1.88 bits per heavy atom. The van der Waals surface area contributed by atoms with Crippen LogP contribution in [-0.2, 0) is 22.2 Å². The van der Waals surface area contributed by atoms with E-state index in [0.717, 1.165) is 0 Å². The van der Waals surface area contributed by atoms with Crippen molar-refractivity contribution in [1.29, 1.82) is 0 Å². The maximum atomic E-state index is 14.2. The number of halogens is 1. The van der Waals surface area contributed by atoms with E-state index < -0.39 is 38.9 Å². The van der Waals surface area contributed by atoms with Crippen molar-refractivity contribution < 1.29 is 18.5 Å². The number of aliphatic carboxylic acids is 1. The second-order valence-electron chi connectivity index (χ2n) is 7.87. The van der Waals surface area contributed by atoms with Crippen LogP contribution >= 0.6 is 0 Å². The van der Waals surface area contributed by atoms with Crippen molar-refractivity contribution in [1.82, 2.24) is 0 Å². The molecular formula is C18H26FNO3S. The van der Waals surface area contributed by atoms with E-state index in [1.807, 2.05) is 20.8 Å². The van der Waals surface area contributed by atoms with Crippen LogP contribution in [0.4, 0.5) is 4.39 Å². The number of carboxylic acids is 1. The highest BCUT2D eigenvalue weighted by atomic mass is 32.2. The summed E-state index contributed by atoms with van der Waals surface area (Å²) in [5, 5.41) is 9.48. The fraction of sp³-hybridized carbons (Fsp3) is 0.556. The molecule has 2 atom stereocenters. The number of carboxylic acid groups (broad SMARTS) is 1. The number of carbonyl (C=O) groups is 1. The molecule has 0 aromatic heterocycles. The maximum Gasteiger partial charge on any atom is 0.307 e. The van der Waals surface area contributed by atoms with E-state index in [1.54, 1.807) is 32.9 Å². The fourth-order valence-electron chi connectivity index (χ4n) is 2.15. The van der Waals surface area contributed by atoms with Gasteiger partial charge in [-0.15, -0.1) is 0 Å². The SMILES string of the molecule is CC(C)(C)C(Cc1cccc(F)c1/C=N/S(=O)C(C)(C)C)C(=O)O. The Morgan fingerprint density at radius 3 is 2.33 bits per heavy atom. The smallest absolute Gasteiger partial charge is 0.307 e. The van der Waals surface area contributed by atoms with E-state index in [2.05, 4.69) is 4.40 Å². The minimum absolute atomic E-state index is 0.181. The van der Waals surface area contributed by atoms with Gasteiger partial charge in [0.15, 0.2) is 0 Å². The molecule has 6 heteroatoms. The van der Waals surface area contributed by atoms with Gasteiger partial charge in [0.2, 0.25) is 0 Å². The van der Waals surface area contributed by atoms with E-state index in [0.29, 0.717) is 5.56 Å². The zero-order chi connectivity index (χ0) is 18.7. The molecule has 0 aliphatic heterocycles. The molecule has 0 saturated carbocycles. The second-order valence-corrected chi connectivity index (χ2v) is 9.80. The summed E-state index contributed by atoms with van der Waals surface area (Å²) in [4.78, 5) is 11.6. The highest BCUT2D eigenvalue weighted by Gasteiger charge is 2.32. The van der Waals surface area contributed by atoms with Crippen LogP contribution < -0.4 is 0 Å². The lowest BCUT2D eigenvalue weighted by Crippen LogP contribution is -2.30. The van der Waals surface area contributed by atoms with Gasteiger partial charge in [-0.3, -0.25) is 4.79 Å². The molecule has 0 heterocycles. The van der Waals surface area contributed by atoms with Crippen molar-refractivity contribution in [3.05, 3.63) is 35.1 Å².